The average Bonchev–Trinajstić information content (AvgIpc) is 2.62. The van der Waals surface area contributed by atoms with Gasteiger partial charge in [-0.2, -0.15) is 13.2 Å². The lowest BCUT2D eigenvalue weighted by Crippen LogP contribution is -2.31. The van der Waals surface area contributed by atoms with Crippen LogP contribution in [0.25, 0.3) is 0 Å². The molecule has 0 aliphatic carbocycles. The number of carbonyl (C=O) groups is 1. The Kier molecular flexibility index (Phi) is 7.15. The van der Waals surface area contributed by atoms with Crippen molar-refractivity contribution in [3.05, 3.63) is 58.6 Å². The number of benzene rings is 2. The fourth-order valence-electron chi connectivity index (χ4n) is 2.28. The smallest absolute Gasteiger partial charge is 0.351 e. The maximum Gasteiger partial charge on any atom is 0.416 e. The van der Waals surface area contributed by atoms with Gasteiger partial charge in [0.05, 0.1) is 21.2 Å². The van der Waals surface area contributed by atoms with Gasteiger partial charge in [0.15, 0.2) is 0 Å². The number of amides is 1. The molecule has 2 N–H and O–H groups in total. The Morgan fingerprint density at radius 1 is 1.14 bits per heavy atom. The van der Waals surface area contributed by atoms with E-state index in [4.69, 9.17) is 11.6 Å². The summed E-state index contributed by atoms with van der Waals surface area (Å²) in [5.41, 5.74) is -1.36. The zero-order valence-corrected chi connectivity index (χ0v) is 17.1. The van der Waals surface area contributed by atoms with Gasteiger partial charge in [0.2, 0.25) is 0 Å². The number of hydrogen-bond donors (Lipinski definition) is 2. The second-order valence-electron chi connectivity index (χ2n) is 6.38. The average molecular weight is 450 g/mol. The number of alkyl halides is 3. The van der Waals surface area contributed by atoms with Gasteiger partial charge >= 0.3 is 6.18 Å². The van der Waals surface area contributed by atoms with Crippen molar-refractivity contribution in [1.82, 2.24) is 10.2 Å². The van der Waals surface area contributed by atoms with E-state index in [0.29, 0.717) is 19.2 Å². The molecule has 0 radical (unpaired) electrons. The predicted octanol–water partition coefficient (Wildman–Crippen LogP) is 3.45. The summed E-state index contributed by atoms with van der Waals surface area (Å²) in [4.78, 5) is 13.8. The van der Waals surface area contributed by atoms with Crippen LogP contribution in [0.3, 0.4) is 0 Å². The molecule has 0 aromatic heterocycles. The van der Waals surface area contributed by atoms with Crippen molar-refractivity contribution < 1.29 is 26.4 Å². The molecule has 0 spiro atoms. The largest absolute Gasteiger partial charge is 0.416 e. The van der Waals surface area contributed by atoms with Crippen LogP contribution in [0.15, 0.2) is 47.4 Å². The summed E-state index contributed by atoms with van der Waals surface area (Å²) in [7, 11) is -0.604. The third kappa shape index (κ3) is 6.34. The van der Waals surface area contributed by atoms with E-state index < -0.39 is 33.4 Å². The van der Waals surface area contributed by atoms with Gasteiger partial charge in [0.1, 0.15) is 0 Å². The molecule has 0 atom stereocenters. The Balaban J connectivity index is 2.25. The van der Waals surface area contributed by atoms with Crippen molar-refractivity contribution in [2.45, 2.75) is 11.1 Å². The molecular formula is C18H19ClF3N3O3S. The maximum atomic E-state index is 12.9. The van der Waals surface area contributed by atoms with Crippen molar-refractivity contribution in [1.29, 1.82) is 0 Å². The highest BCUT2D eigenvalue weighted by molar-refractivity contribution is 7.92. The number of hydrogen-bond acceptors (Lipinski definition) is 4. The highest BCUT2D eigenvalue weighted by Crippen LogP contribution is 2.34. The number of nitrogens with one attached hydrogen (secondary N) is 2. The Morgan fingerprint density at radius 2 is 1.83 bits per heavy atom. The van der Waals surface area contributed by atoms with Crippen LogP contribution in [0.2, 0.25) is 5.02 Å². The molecule has 0 saturated heterocycles. The van der Waals surface area contributed by atoms with Crippen molar-refractivity contribution >= 4 is 33.2 Å². The molecule has 29 heavy (non-hydrogen) atoms. The summed E-state index contributed by atoms with van der Waals surface area (Å²) in [5.74, 6) is -0.471. The minimum Gasteiger partial charge on any atom is -0.351 e. The summed E-state index contributed by atoms with van der Waals surface area (Å²) in [6.07, 6.45) is -4.66. The summed E-state index contributed by atoms with van der Waals surface area (Å²) >= 11 is 5.84. The van der Waals surface area contributed by atoms with Gasteiger partial charge < -0.3 is 10.2 Å². The summed E-state index contributed by atoms with van der Waals surface area (Å²) in [6.45, 7) is 0.959. The normalized spacial score (nSPS) is 12.1. The molecule has 6 nitrogen and oxygen atoms in total. The molecule has 0 fully saturated rings. The van der Waals surface area contributed by atoms with Gasteiger partial charge in [0.25, 0.3) is 15.9 Å². The number of sulfonamides is 1. The van der Waals surface area contributed by atoms with Crippen LogP contribution in [0.5, 0.6) is 0 Å². The monoisotopic (exact) mass is 449 g/mol. The van der Waals surface area contributed by atoms with Crippen LogP contribution < -0.4 is 10.0 Å². The molecule has 2 aromatic carbocycles. The van der Waals surface area contributed by atoms with E-state index in [2.05, 4.69) is 5.32 Å². The van der Waals surface area contributed by atoms with Gasteiger partial charge in [-0.3, -0.25) is 9.52 Å². The predicted molar refractivity (Wildman–Crippen MR) is 105 cm³/mol. The lowest BCUT2D eigenvalue weighted by Gasteiger charge is -2.14. The fraction of sp³-hybridized carbons (Fsp3) is 0.278. The Hall–Kier alpha value is -2.30. The van der Waals surface area contributed by atoms with Crippen molar-refractivity contribution in [3.63, 3.8) is 0 Å². The molecule has 2 aromatic rings. The molecule has 0 aliphatic heterocycles. The van der Waals surface area contributed by atoms with Gasteiger partial charge in [0, 0.05) is 18.7 Å². The number of nitrogens with zero attached hydrogens (tertiary/aromatic N) is 1. The molecular weight excluding hydrogens is 431 g/mol. The molecule has 11 heteroatoms. The van der Waals surface area contributed by atoms with Gasteiger partial charge in [-0.15, -0.1) is 0 Å². The molecule has 1 amide bonds. The molecule has 0 bridgehead atoms. The molecule has 2 rings (SSSR count). The first kappa shape index (κ1) is 23.0. The first-order chi connectivity index (χ1) is 13.4. The van der Waals surface area contributed by atoms with Gasteiger partial charge in [-0.1, -0.05) is 17.7 Å². The van der Waals surface area contributed by atoms with E-state index in [-0.39, 0.29) is 15.5 Å². The lowest BCUT2D eigenvalue weighted by molar-refractivity contribution is -0.137. The number of rotatable bonds is 7. The third-order valence-corrected chi connectivity index (χ3v) is 5.48. The van der Waals surface area contributed by atoms with Crippen LogP contribution in [-0.2, 0) is 16.2 Å². The molecule has 0 aliphatic rings. The molecule has 0 saturated carbocycles. The van der Waals surface area contributed by atoms with E-state index >= 15 is 0 Å². The SMILES string of the molecule is CN(C)CCNC(=O)c1cccc(S(=O)(=O)Nc2cc(C(F)(F)F)ccc2Cl)c1. The highest BCUT2D eigenvalue weighted by Gasteiger charge is 2.31. The van der Waals surface area contributed by atoms with Crippen LogP contribution >= 0.6 is 11.6 Å². The van der Waals surface area contributed by atoms with Crippen molar-refractivity contribution in [2.24, 2.45) is 0 Å². The Morgan fingerprint density at radius 3 is 2.45 bits per heavy atom. The lowest BCUT2D eigenvalue weighted by atomic mass is 10.2. The van der Waals surface area contributed by atoms with Crippen LogP contribution in [0.4, 0.5) is 18.9 Å². The minimum absolute atomic E-state index is 0.0989. The molecule has 0 unspecified atom stereocenters. The first-order valence-corrected chi connectivity index (χ1v) is 10.2. The van der Waals surface area contributed by atoms with E-state index in [1.54, 1.807) is 0 Å². The molecule has 158 valence electrons. The number of anilines is 1. The van der Waals surface area contributed by atoms with E-state index in [9.17, 15) is 26.4 Å². The van der Waals surface area contributed by atoms with Crippen molar-refractivity contribution in [2.75, 3.05) is 31.9 Å². The maximum absolute atomic E-state index is 12.9. The number of carbonyl (C=O) groups excluding carboxylic acids is 1. The Bertz CT molecular complexity index is 995. The van der Waals surface area contributed by atoms with Crippen molar-refractivity contribution in [3.8, 4) is 0 Å². The van der Waals surface area contributed by atoms with Crippen LogP contribution in [0.1, 0.15) is 15.9 Å². The zero-order valence-electron chi connectivity index (χ0n) is 15.5. The van der Waals surface area contributed by atoms with E-state index in [0.717, 1.165) is 18.2 Å². The van der Waals surface area contributed by atoms with Gasteiger partial charge in [-0.25, -0.2) is 8.42 Å². The number of likely N-dealkylation sites (N-methyl/N-ethyl adjacent to an activating group) is 1. The van der Waals surface area contributed by atoms with Gasteiger partial charge in [-0.05, 0) is 50.5 Å². The minimum atomic E-state index is -4.66. The standard InChI is InChI=1S/C18H19ClF3N3O3S/c1-25(2)9-8-23-17(26)12-4-3-5-14(10-12)29(27,28)24-16-11-13(18(20,21)22)6-7-15(16)19/h3-7,10-11,24H,8-9H2,1-2H3,(H,23,26). The second-order valence-corrected chi connectivity index (χ2v) is 8.47. The van der Waals surface area contributed by atoms with Crippen LogP contribution in [-0.4, -0.2) is 46.4 Å². The van der Waals surface area contributed by atoms with Crippen LogP contribution in [0, 0.1) is 0 Å². The topological polar surface area (TPSA) is 78.5 Å². The quantitative estimate of drug-likeness (QED) is 0.678. The highest BCUT2D eigenvalue weighted by atomic mass is 35.5. The van der Waals surface area contributed by atoms with E-state index in [1.165, 1.54) is 18.2 Å². The first-order valence-electron chi connectivity index (χ1n) is 8.33. The summed E-state index contributed by atoms with van der Waals surface area (Å²) in [6, 6.07) is 7.47. The summed E-state index contributed by atoms with van der Waals surface area (Å²) in [5, 5.41) is 2.45. The van der Waals surface area contributed by atoms with E-state index in [1.807, 2.05) is 23.7 Å². The summed E-state index contributed by atoms with van der Waals surface area (Å²) < 4.78 is 65.9. The Labute approximate surface area is 171 Å². The number of halogens is 4. The second kappa shape index (κ2) is 9.02. The third-order valence-electron chi connectivity index (χ3n) is 3.79. The fourth-order valence-corrected chi connectivity index (χ4v) is 3.62. The molecule has 0 heterocycles. The zero-order chi connectivity index (χ0) is 21.8.